The van der Waals surface area contributed by atoms with Crippen molar-refractivity contribution < 1.29 is 14.1 Å². The number of carbonyl (C=O) groups excluding carboxylic acids is 2. The predicted molar refractivity (Wildman–Crippen MR) is 80.0 cm³/mol. The van der Waals surface area contributed by atoms with E-state index in [1.165, 1.54) is 11.8 Å². The van der Waals surface area contributed by atoms with Crippen molar-refractivity contribution in [1.29, 1.82) is 0 Å². The van der Waals surface area contributed by atoms with Gasteiger partial charge in [0.25, 0.3) is 0 Å². The lowest BCUT2D eigenvalue weighted by molar-refractivity contribution is -0.121. The molecule has 1 N–H and O–H groups in total. The van der Waals surface area contributed by atoms with Crippen molar-refractivity contribution in [3.63, 3.8) is 0 Å². The molecule has 2 aromatic rings. The molecule has 0 radical (unpaired) electrons. The molecule has 7 heteroatoms. The first kappa shape index (κ1) is 15.7. The normalized spacial score (nSPS) is 10.3. The van der Waals surface area contributed by atoms with Crippen LogP contribution in [-0.2, 0) is 16.1 Å². The van der Waals surface area contributed by atoms with Crippen LogP contribution in [0.25, 0.3) is 0 Å². The summed E-state index contributed by atoms with van der Waals surface area (Å²) in [5.41, 5.74) is 0.971. The zero-order valence-corrected chi connectivity index (χ0v) is 12.6. The number of nitrogens with zero attached hydrogens (tertiary/aromatic N) is 3. The van der Waals surface area contributed by atoms with E-state index in [-0.39, 0.29) is 24.8 Å². The summed E-state index contributed by atoms with van der Waals surface area (Å²) in [5, 5.41) is 6.60. The Labute approximate surface area is 128 Å². The van der Waals surface area contributed by atoms with Gasteiger partial charge < -0.3 is 9.84 Å². The van der Waals surface area contributed by atoms with Gasteiger partial charge in [0, 0.05) is 44.9 Å². The number of hydrogen-bond donors (Lipinski definition) is 1. The number of pyridine rings is 1. The van der Waals surface area contributed by atoms with Crippen LogP contribution in [-0.4, -0.2) is 28.5 Å². The fraction of sp³-hybridized carbons (Fsp3) is 0.333. The van der Waals surface area contributed by atoms with Crippen LogP contribution in [0, 0.1) is 6.92 Å². The highest BCUT2D eigenvalue weighted by Crippen LogP contribution is 2.14. The SMILES string of the molecule is CC(=O)N(CCC(=O)NCc1ccncc1)c1cc(C)on1. The van der Waals surface area contributed by atoms with Crippen molar-refractivity contribution in [3.05, 3.63) is 41.9 Å². The highest BCUT2D eigenvalue weighted by Gasteiger charge is 2.16. The van der Waals surface area contributed by atoms with Gasteiger partial charge in [-0.25, -0.2) is 0 Å². The van der Waals surface area contributed by atoms with Crippen LogP contribution in [0.2, 0.25) is 0 Å². The van der Waals surface area contributed by atoms with Crippen LogP contribution in [0.3, 0.4) is 0 Å². The van der Waals surface area contributed by atoms with Crippen LogP contribution in [0.15, 0.2) is 35.1 Å². The Balaban J connectivity index is 1.84. The minimum atomic E-state index is -0.185. The lowest BCUT2D eigenvalue weighted by Crippen LogP contribution is -2.33. The molecule has 2 aromatic heterocycles. The molecule has 0 unspecified atom stereocenters. The predicted octanol–water partition coefficient (Wildman–Crippen LogP) is 1.44. The molecule has 0 spiro atoms. The molecule has 0 fully saturated rings. The molecule has 0 aliphatic heterocycles. The van der Waals surface area contributed by atoms with E-state index in [2.05, 4.69) is 15.5 Å². The second kappa shape index (κ2) is 7.35. The lowest BCUT2D eigenvalue weighted by atomic mass is 10.2. The topological polar surface area (TPSA) is 88.3 Å². The number of anilines is 1. The first-order valence-corrected chi connectivity index (χ1v) is 6.93. The zero-order chi connectivity index (χ0) is 15.9. The standard InChI is InChI=1S/C15H18N4O3/c1-11-9-14(18-22-11)19(12(2)20)8-5-15(21)17-10-13-3-6-16-7-4-13/h3-4,6-7,9H,5,8,10H2,1-2H3,(H,17,21). The van der Waals surface area contributed by atoms with Crippen LogP contribution < -0.4 is 10.2 Å². The molecular weight excluding hydrogens is 284 g/mol. The van der Waals surface area contributed by atoms with Gasteiger partial charge in [-0.05, 0) is 24.6 Å². The second-order valence-corrected chi connectivity index (χ2v) is 4.85. The summed E-state index contributed by atoms with van der Waals surface area (Å²) in [6.07, 6.45) is 3.54. The lowest BCUT2D eigenvalue weighted by Gasteiger charge is -2.17. The van der Waals surface area contributed by atoms with Gasteiger partial charge in [-0.2, -0.15) is 0 Å². The van der Waals surface area contributed by atoms with Gasteiger partial charge >= 0.3 is 0 Å². The molecule has 0 saturated carbocycles. The molecule has 2 rings (SSSR count). The average molecular weight is 302 g/mol. The molecule has 0 saturated heterocycles. The van der Waals surface area contributed by atoms with Gasteiger partial charge in [-0.3, -0.25) is 19.5 Å². The smallest absolute Gasteiger partial charge is 0.225 e. The summed E-state index contributed by atoms with van der Waals surface area (Å²) >= 11 is 0. The second-order valence-electron chi connectivity index (χ2n) is 4.85. The number of carbonyl (C=O) groups is 2. The largest absolute Gasteiger partial charge is 0.360 e. The summed E-state index contributed by atoms with van der Waals surface area (Å²) in [5.74, 6) is 0.717. The van der Waals surface area contributed by atoms with E-state index >= 15 is 0 Å². The molecule has 0 aliphatic carbocycles. The molecule has 0 bridgehead atoms. The van der Waals surface area contributed by atoms with E-state index in [0.29, 0.717) is 18.1 Å². The minimum absolute atomic E-state index is 0.136. The van der Waals surface area contributed by atoms with Crippen molar-refractivity contribution in [1.82, 2.24) is 15.5 Å². The maximum absolute atomic E-state index is 11.9. The summed E-state index contributed by atoms with van der Waals surface area (Å²) in [6.45, 7) is 3.86. The number of hydrogen-bond acceptors (Lipinski definition) is 5. The average Bonchev–Trinajstić information content (AvgIpc) is 2.92. The van der Waals surface area contributed by atoms with Crippen molar-refractivity contribution in [2.45, 2.75) is 26.8 Å². The van der Waals surface area contributed by atoms with E-state index in [1.807, 2.05) is 12.1 Å². The molecule has 0 aromatic carbocycles. The summed E-state index contributed by atoms with van der Waals surface area (Å²) in [7, 11) is 0. The first-order valence-electron chi connectivity index (χ1n) is 6.93. The van der Waals surface area contributed by atoms with Gasteiger partial charge in [0.2, 0.25) is 11.8 Å². The number of aromatic nitrogens is 2. The van der Waals surface area contributed by atoms with E-state index < -0.39 is 0 Å². The third kappa shape index (κ3) is 4.41. The Morgan fingerprint density at radius 2 is 2.05 bits per heavy atom. The number of rotatable bonds is 6. The fourth-order valence-electron chi connectivity index (χ4n) is 1.92. The fourth-order valence-corrected chi connectivity index (χ4v) is 1.92. The molecule has 0 aliphatic rings. The summed E-state index contributed by atoms with van der Waals surface area (Å²) in [4.78, 5) is 28.9. The van der Waals surface area contributed by atoms with Crippen LogP contribution >= 0.6 is 0 Å². The Hall–Kier alpha value is -2.70. The Morgan fingerprint density at radius 1 is 1.32 bits per heavy atom. The summed E-state index contributed by atoms with van der Waals surface area (Å²) < 4.78 is 4.96. The van der Waals surface area contributed by atoms with Crippen molar-refractivity contribution in [2.24, 2.45) is 0 Å². The third-order valence-electron chi connectivity index (χ3n) is 3.07. The van der Waals surface area contributed by atoms with Crippen molar-refractivity contribution in [2.75, 3.05) is 11.4 Å². The number of amides is 2. The third-order valence-corrected chi connectivity index (χ3v) is 3.07. The van der Waals surface area contributed by atoms with Gasteiger partial charge in [0.1, 0.15) is 5.76 Å². The molecule has 0 atom stereocenters. The zero-order valence-electron chi connectivity index (χ0n) is 12.6. The van der Waals surface area contributed by atoms with Crippen LogP contribution in [0.1, 0.15) is 24.7 Å². The Morgan fingerprint density at radius 3 is 2.64 bits per heavy atom. The number of aryl methyl sites for hydroxylation is 1. The van der Waals surface area contributed by atoms with Crippen LogP contribution in [0.4, 0.5) is 5.82 Å². The first-order chi connectivity index (χ1) is 10.6. The molecule has 2 heterocycles. The van der Waals surface area contributed by atoms with E-state index in [1.54, 1.807) is 25.4 Å². The van der Waals surface area contributed by atoms with Crippen LogP contribution in [0.5, 0.6) is 0 Å². The highest BCUT2D eigenvalue weighted by molar-refractivity contribution is 5.91. The van der Waals surface area contributed by atoms with Crippen molar-refractivity contribution in [3.8, 4) is 0 Å². The van der Waals surface area contributed by atoms with E-state index in [4.69, 9.17) is 4.52 Å². The molecular formula is C15H18N4O3. The monoisotopic (exact) mass is 302 g/mol. The molecule has 22 heavy (non-hydrogen) atoms. The quantitative estimate of drug-likeness (QED) is 0.872. The van der Waals surface area contributed by atoms with Gasteiger partial charge in [0.15, 0.2) is 5.82 Å². The number of nitrogens with one attached hydrogen (secondary N) is 1. The van der Waals surface area contributed by atoms with Crippen molar-refractivity contribution >= 4 is 17.6 Å². The molecule has 7 nitrogen and oxygen atoms in total. The van der Waals surface area contributed by atoms with Gasteiger partial charge in [-0.1, -0.05) is 5.16 Å². The maximum Gasteiger partial charge on any atom is 0.225 e. The minimum Gasteiger partial charge on any atom is -0.360 e. The maximum atomic E-state index is 11.9. The van der Waals surface area contributed by atoms with Gasteiger partial charge in [-0.15, -0.1) is 0 Å². The van der Waals surface area contributed by atoms with E-state index in [9.17, 15) is 9.59 Å². The highest BCUT2D eigenvalue weighted by atomic mass is 16.5. The molecule has 116 valence electrons. The summed E-state index contributed by atoms with van der Waals surface area (Å²) in [6, 6.07) is 5.33. The Bertz CT molecular complexity index is 639. The van der Waals surface area contributed by atoms with Gasteiger partial charge in [0.05, 0.1) is 0 Å². The Kier molecular flexibility index (Phi) is 5.24. The van der Waals surface area contributed by atoms with E-state index in [0.717, 1.165) is 5.56 Å². The molecule has 2 amide bonds.